The third kappa shape index (κ3) is 4.25. The number of hydrogen-bond acceptors (Lipinski definition) is 8. The summed E-state index contributed by atoms with van der Waals surface area (Å²) < 4.78 is 5.50. The number of methoxy groups -OCH3 is 1. The molecule has 4 N–H and O–H groups in total. The first-order valence-electron chi connectivity index (χ1n) is 11.2. The molecule has 174 valence electrons. The Morgan fingerprint density at radius 3 is 2.88 bits per heavy atom. The van der Waals surface area contributed by atoms with Crippen molar-refractivity contribution in [3.63, 3.8) is 0 Å². The molecule has 0 saturated carbocycles. The summed E-state index contributed by atoms with van der Waals surface area (Å²) in [6, 6.07) is 3.69. The van der Waals surface area contributed by atoms with Crippen molar-refractivity contribution in [2.45, 2.75) is 46.1 Å². The van der Waals surface area contributed by atoms with Gasteiger partial charge in [-0.05, 0) is 51.7 Å². The van der Waals surface area contributed by atoms with Gasteiger partial charge in [-0.2, -0.15) is 0 Å². The Balaban J connectivity index is 1.69. The number of nitrogen functional groups attached to an aromatic ring is 1. The maximum atomic E-state index is 13.1. The van der Waals surface area contributed by atoms with Crippen LogP contribution in [0.25, 0.3) is 10.2 Å². The van der Waals surface area contributed by atoms with Crippen LogP contribution in [0.2, 0.25) is 0 Å². The van der Waals surface area contributed by atoms with Crippen molar-refractivity contribution in [1.82, 2.24) is 14.9 Å². The molecule has 1 atom stereocenters. The van der Waals surface area contributed by atoms with Gasteiger partial charge in [0.15, 0.2) is 0 Å². The summed E-state index contributed by atoms with van der Waals surface area (Å²) in [7, 11) is 1.58. The zero-order valence-electron chi connectivity index (χ0n) is 19.4. The van der Waals surface area contributed by atoms with Crippen molar-refractivity contribution in [2.24, 2.45) is 5.92 Å². The Kier molecular flexibility index (Phi) is 6.51. The number of ether oxygens (including phenoxy) is 1. The lowest BCUT2D eigenvalue weighted by Crippen LogP contribution is -2.42. The molecule has 1 aliphatic rings. The van der Waals surface area contributed by atoms with Gasteiger partial charge in [-0.3, -0.25) is 4.79 Å². The normalized spacial score (nSPS) is 15.4. The molecule has 0 spiro atoms. The van der Waals surface area contributed by atoms with Crippen LogP contribution in [0.1, 0.15) is 43.2 Å². The van der Waals surface area contributed by atoms with Crippen LogP contribution < -0.4 is 15.8 Å². The number of carbonyl (C=O) groups excluding carboxylic acids is 1. The molecule has 1 unspecified atom stereocenters. The van der Waals surface area contributed by atoms with E-state index in [4.69, 9.17) is 15.9 Å². The highest BCUT2D eigenvalue weighted by Crippen LogP contribution is 2.42. The van der Waals surface area contributed by atoms with Crippen LogP contribution in [-0.4, -0.2) is 46.7 Å². The van der Waals surface area contributed by atoms with Gasteiger partial charge in [-0.15, -0.1) is 11.3 Å². The van der Waals surface area contributed by atoms with Gasteiger partial charge in [-0.25, -0.2) is 9.97 Å². The Bertz CT molecular complexity index is 1210. The molecule has 0 radical (unpaired) electrons. The molecule has 33 heavy (non-hydrogen) atoms. The van der Waals surface area contributed by atoms with Crippen LogP contribution >= 0.6 is 11.3 Å². The molecule has 0 fully saturated rings. The maximum absolute atomic E-state index is 13.1. The van der Waals surface area contributed by atoms with Gasteiger partial charge in [0.2, 0.25) is 5.91 Å². The van der Waals surface area contributed by atoms with E-state index in [9.17, 15) is 4.79 Å². The van der Waals surface area contributed by atoms with Crippen molar-refractivity contribution in [1.29, 1.82) is 5.41 Å². The summed E-state index contributed by atoms with van der Waals surface area (Å²) >= 11 is 1.64. The molecule has 0 bridgehead atoms. The molecule has 9 heteroatoms. The van der Waals surface area contributed by atoms with Crippen LogP contribution in [0.15, 0.2) is 18.5 Å². The lowest BCUT2D eigenvalue weighted by molar-refractivity contribution is -0.137. The first kappa shape index (κ1) is 23.0. The Morgan fingerprint density at radius 1 is 1.42 bits per heavy atom. The topological polar surface area (TPSA) is 117 Å². The average Bonchev–Trinajstić information content (AvgIpc) is 3.18. The number of fused-ring (bicyclic) bond motifs is 3. The summed E-state index contributed by atoms with van der Waals surface area (Å²) in [5.41, 5.74) is 8.99. The molecule has 0 aliphatic heterocycles. The summed E-state index contributed by atoms with van der Waals surface area (Å²) in [5, 5.41) is 12.0. The van der Waals surface area contributed by atoms with E-state index in [0.717, 1.165) is 36.0 Å². The molecular formula is C24H30N6O2S. The van der Waals surface area contributed by atoms with Gasteiger partial charge in [0, 0.05) is 46.9 Å². The van der Waals surface area contributed by atoms with Gasteiger partial charge in [0.1, 0.15) is 22.7 Å². The van der Waals surface area contributed by atoms with Gasteiger partial charge >= 0.3 is 0 Å². The summed E-state index contributed by atoms with van der Waals surface area (Å²) in [5.74, 6) is 1.52. The fourth-order valence-corrected chi connectivity index (χ4v) is 5.82. The van der Waals surface area contributed by atoms with Crippen LogP contribution in [0.4, 0.5) is 17.2 Å². The molecule has 1 aromatic carbocycles. The number of nitrogens with two attached hydrogens (primary N) is 1. The molecule has 0 saturated heterocycles. The van der Waals surface area contributed by atoms with Crippen LogP contribution in [0.3, 0.4) is 0 Å². The fraction of sp³-hybridized carbons (Fsp3) is 0.417. The van der Waals surface area contributed by atoms with Gasteiger partial charge in [0.25, 0.3) is 0 Å². The van der Waals surface area contributed by atoms with E-state index in [0.29, 0.717) is 28.5 Å². The second-order valence-corrected chi connectivity index (χ2v) is 9.60. The molecule has 4 rings (SSSR count). The zero-order valence-corrected chi connectivity index (χ0v) is 20.3. The number of carbonyl (C=O) groups is 1. The third-order valence-corrected chi connectivity index (χ3v) is 7.42. The Labute approximate surface area is 197 Å². The number of rotatable bonds is 7. The lowest BCUT2D eigenvalue weighted by atomic mass is 9.86. The number of hydrogen-bond donors (Lipinski definition) is 3. The van der Waals surface area contributed by atoms with Crippen molar-refractivity contribution < 1.29 is 9.53 Å². The average molecular weight is 467 g/mol. The molecular weight excluding hydrogens is 436 g/mol. The summed E-state index contributed by atoms with van der Waals surface area (Å²) in [6.45, 7) is 6.90. The fourth-order valence-electron chi connectivity index (χ4n) is 4.56. The van der Waals surface area contributed by atoms with E-state index in [1.54, 1.807) is 36.9 Å². The zero-order chi connectivity index (χ0) is 23.7. The van der Waals surface area contributed by atoms with E-state index in [-0.39, 0.29) is 17.9 Å². The number of nitrogens with one attached hydrogen (secondary N) is 2. The van der Waals surface area contributed by atoms with Crippen molar-refractivity contribution in [3.8, 4) is 5.75 Å². The third-order valence-electron chi connectivity index (χ3n) is 6.26. The number of aromatic nitrogens is 2. The predicted octanol–water partition coefficient (Wildman–Crippen LogP) is 4.39. The van der Waals surface area contributed by atoms with Crippen molar-refractivity contribution >= 4 is 50.9 Å². The minimum absolute atomic E-state index is 0.00428. The number of amides is 1. The number of nitrogens with zero attached hydrogens (tertiary/aromatic N) is 3. The molecule has 1 aliphatic carbocycles. The van der Waals surface area contributed by atoms with Crippen molar-refractivity contribution in [3.05, 3.63) is 34.5 Å². The second kappa shape index (κ2) is 9.35. The summed E-state index contributed by atoms with van der Waals surface area (Å²) in [4.78, 5) is 26.2. The van der Waals surface area contributed by atoms with E-state index in [2.05, 4.69) is 29.1 Å². The Hall–Kier alpha value is -3.20. The first-order chi connectivity index (χ1) is 15.9. The Morgan fingerprint density at radius 2 is 2.21 bits per heavy atom. The second-order valence-electron chi connectivity index (χ2n) is 8.51. The van der Waals surface area contributed by atoms with Crippen LogP contribution in [-0.2, 0) is 17.6 Å². The monoisotopic (exact) mass is 466 g/mol. The maximum Gasteiger partial charge on any atom is 0.226 e. The van der Waals surface area contributed by atoms with E-state index >= 15 is 0 Å². The summed E-state index contributed by atoms with van der Waals surface area (Å²) in [6.07, 6.45) is 5.14. The van der Waals surface area contributed by atoms with Crippen molar-refractivity contribution in [2.75, 3.05) is 24.7 Å². The smallest absolute Gasteiger partial charge is 0.226 e. The number of thiophene rings is 1. The highest BCUT2D eigenvalue weighted by molar-refractivity contribution is 7.19. The van der Waals surface area contributed by atoms with Gasteiger partial charge in [-0.1, -0.05) is 0 Å². The number of benzene rings is 1. The highest BCUT2D eigenvalue weighted by Gasteiger charge is 2.32. The first-order valence-corrected chi connectivity index (χ1v) is 12.0. The van der Waals surface area contributed by atoms with Crippen LogP contribution in [0.5, 0.6) is 5.75 Å². The van der Waals surface area contributed by atoms with E-state index in [1.165, 1.54) is 16.7 Å². The van der Waals surface area contributed by atoms with Crippen LogP contribution in [0, 0.1) is 11.3 Å². The minimum atomic E-state index is 0.00428. The molecule has 2 aromatic heterocycles. The number of anilines is 3. The minimum Gasteiger partial charge on any atom is -0.494 e. The standard InChI is InChI=1S/C24H30N6O2S/c1-5-30(13(2)3)24(31)14-6-7-16-20(9-14)33-23-21(16)22(27-12-28-23)29-18-8-15(11-25)17(26)10-19(18)32-4/h8,10-14,25H,5-7,9,26H2,1-4H3,(H,27,28,29). The SMILES string of the molecule is CCN(C(=O)C1CCc2c(sc3ncnc(Nc4cc(C=N)c(N)cc4OC)c23)C1)C(C)C. The molecule has 8 nitrogen and oxygen atoms in total. The van der Waals surface area contributed by atoms with Gasteiger partial charge in [0.05, 0.1) is 18.2 Å². The van der Waals surface area contributed by atoms with E-state index in [1.807, 2.05) is 11.8 Å². The van der Waals surface area contributed by atoms with E-state index < -0.39 is 0 Å². The quantitative estimate of drug-likeness (QED) is 0.351. The predicted molar refractivity (Wildman–Crippen MR) is 134 cm³/mol. The molecule has 2 heterocycles. The highest BCUT2D eigenvalue weighted by atomic mass is 32.1. The molecule has 1 amide bonds. The largest absolute Gasteiger partial charge is 0.494 e. The van der Waals surface area contributed by atoms with Gasteiger partial charge < -0.3 is 26.1 Å². The number of aryl methyl sites for hydroxylation is 1. The molecule has 3 aromatic rings. The lowest BCUT2D eigenvalue weighted by Gasteiger charge is -2.31.